The number of amides is 1. The molecule has 1 heterocycles. The Morgan fingerprint density at radius 3 is 2.47 bits per heavy atom. The van der Waals surface area contributed by atoms with Crippen LogP contribution in [0.3, 0.4) is 0 Å². The van der Waals surface area contributed by atoms with E-state index in [9.17, 15) is 4.79 Å². The number of carbonyl (C=O) groups excluding carboxylic acids is 1. The Balaban J connectivity index is 2.64. The molecule has 1 amide bonds. The molecule has 0 aromatic carbocycles. The Bertz CT molecular complexity index is 361. The van der Waals surface area contributed by atoms with Crippen LogP contribution < -0.4 is 0 Å². The van der Waals surface area contributed by atoms with E-state index >= 15 is 0 Å². The van der Waals surface area contributed by atoms with Gasteiger partial charge in [-0.05, 0) is 19.0 Å². The van der Waals surface area contributed by atoms with Crippen molar-refractivity contribution in [2.45, 2.75) is 27.7 Å². The van der Waals surface area contributed by atoms with E-state index in [-0.39, 0.29) is 5.91 Å². The lowest BCUT2D eigenvalue weighted by Crippen LogP contribution is -2.40. The summed E-state index contributed by atoms with van der Waals surface area (Å²) in [6, 6.07) is 0. The summed E-state index contributed by atoms with van der Waals surface area (Å²) in [5.41, 5.74) is 2.29. The first-order valence-corrected chi connectivity index (χ1v) is 7.92. The molecule has 1 aromatic heterocycles. The monoisotopic (exact) mass is 283 g/mol. The number of thiazole rings is 1. The van der Waals surface area contributed by atoms with Gasteiger partial charge in [-0.15, -0.1) is 11.3 Å². The molecule has 0 bridgehead atoms. The SMILES string of the molecule is CCN(CC)CCN(CC(C)C)C(=O)c1cscn1. The maximum Gasteiger partial charge on any atom is 0.273 e. The maximum atomic E-state index is 12.4. The largest absolute Gasteiger partial charge is 0.336 e. The summed E-state index contributed by atoms with van der Waals surface area (Å²) in [6.07, 6.45) is 0. The minimum absolute atomic E-state index is 0.0575. The quantitative estimate of drug-likeness (QED) is 0.736. The summed E-state index contributed by atoms with van der Waals surface area (Å²) >= 11 is 1.47. The molecule has 108 valence electrons. The molecule has 0 N–H and O–H groups in total. The van der Waals surface area contributed by atoms with Crippen LogP contribution in [0, 0.1) is 5.92 Å². The zero-order chi connectivity index (χ0) is 14.3. The number of carbonyl (C=O) groups is 1. The summed E-state index contributed by atoms with van der Waals surface area (Å²) in [7, 11) is 0. The van der Waals surface area contributed by atoms with Gasteiger partial charge in [0.25, 0.3) is 5.91 Å². The molecular weight excluding hydrogens is 258 g/mol. The predicted octanol–water partition coefficient (Wildman–Crippen LogP) is 2.58. The van der Waals surface area contributed by atoms with E-state index in [1.54, 1.807) is 5.51 Å². The van der Waals surface area contributed by atoms with Gasteiger partial charge in [0, 0.05) is 25.0 Å². The normalized spacial score (nSPS) is 11.3. The Morgan fingerprint density at radius 2 is 2.00 bits per heavy atom. The third-order valence-corrected chi connectivity index (χ3v) is 3.69. The highest BCUT2D eigenvalue weighted by atomic mass is 32.1. The molecular formula is C14H25N3OS. The molecule has 0 aliphatic heterocycles. The van der Waals surface area contributed by atoms with Crippen molar-refractivity contribution in [2.24, 2.45) is 5.92 Å². The van der Waals surface area contributed by atoms with Gasteiger partial charge in [-0.25, -0.2) is 4.98 Å². The van der Waals surface area contributed by atoms with Gasteiger partial charge in [-0.2, -0.15) is 0 Å². The Labute approximate surface area is 120 Å². The van der Waals surface area contributed by atoms with Crippen LogP contribution in [0.25, 0.3) is 0 Å². The van der Waals surface area contributed by atoms with Gasteiger partial charge in [0.2, 0.25) is 0 Å². The van der Waals surface area contributed by atoms with Gasteiger partial charge in [-0.3, -0.25) is 4.79 Å². The number of aromatic nitrogens is 1. The van der Waals surface area contributed by atoms with Gasteiger partial charge >= 0.3 is 0 Å². The molecule has 0 spiro atoms. The van der Waals surface area contributed by atoms with Crippen molar-refractivity contribution in [1.29, 1.82) is 0 Å². The molecule has 0 saturated heterocycles. The number of likely N-dealkylation sites (N-methyl/N-ethyl adjacent to an activating group) is 1. The Hall–Kier alpha value is -0.940. The number of hydrogen-bond acceptors (Lipinski definition) is 4. The highest BCUT2D eigenvalue weighted by molar-refractivity contribution is 7.07. The van der Waals surface area contributed by atoms with Gasteiger partial charge in [-0.1, -0.05) is 27.7 Å². The molecule has 0 atom stereocenters. The molecule has 19 heavy (non-hydrogen) atoms. The first-order valence-electron chi connectivity index (χ1n) is 6.98. The molecule has 0 radical (unpaired) electrons. The smallest absolute Gasteiger partial charge is 0.273 e. The summed E-state index contributed by atoms with van der Waals surface area (Å²) in [6.45, 7) is 13.1. The van der Waals surface area contributed by atoms with Crippen molar-refractivity contribution in [3.05, 3.63) is 16.6 Å². The van der Waals surface area contributed by atoms with Gasteiger partial charge in [0.1, 0.15) is 5.69 Å². The van der Waals surface area contributed by atoms with Crippen molar-refractivity contribution in [1.82, 2.24) is 14.8 Å². The average Bonchev–Trinajstić information content (AvgIpc) is 2.91. The van der Waals surface area contributed by atoms with Crippen LogP contribution in [0.2, 0.25) is 0 Å². The second-order valence-electron chi connectivity index (χ2n) is 5.05. The van der Waals surface area contributed by atoms with Crippen molar-refractivity contribution in [2.75, 3.05) is 32.7 Å². The van der Waals surface area contributed by atoms with Crippen LogP contribution in [0.1, 0.15) is 38.2 Å². The van der Waals surface area contributed by atoms with Crippen LogP contribution >= 0.6 is 11.3 Å². The lowest BCUT2D eigenvalue weighted by Gasteiger charge is -2.27. The fraction of sp³-hybridized carbons (Fsp3) is 0.714. The van der Waals surface area contributed by atoms with E-state index in [4.69, 9.17) is 0 Å². The van der Waals surface area contributed by atoms with Crippen molar-refractivity contribution >= 4 is 17.2 Å². The van der Waals surface area contributed by atoms with Gasteiger partial charge in [0.15, 0.2) is 0 Å². The fourth-order valence-corrected chi connectivity index (χ4v) is 2.52. The van der Waals surface area contributed by atoms with E-state index in [0.717, 1.165) is 32.7 Å². The first-order chi connectivity index (χ1) is 9.08. The average molecular weight is 283 g/mol. The highest BCUT2D eigenvalue weighted by Crippen LogP contribution is 2.08. The molecule has 1 rings (SSSR count). The maximum absolute atomic E-state index is 12.4. The van der Waals surface area contributed by atoms with Gasteiger partial charge in [0.05, 0.1) is 5.51 Å². The molecule has 4 nitrogen and oxygen atoms in total. The molecule has 0 fully saturated rings. The Kier molecular flexibility index (Phi) is 7.02. The standard InChI is InChI=1S/C14H25N3OS/c1-5-16(6-2)7-8-17(9-12(3)4)14(18)13-10-19-11-15-13/h10-12H,5-9H2,1-4H3. The summed E-state index contributed by atoms with van der Waals surface area (Å²) < 4.78 is 0. The summed E-state index contributed by atoms with van der Waals surface area (Å²) in [5, 5.41) is 1.83. The zero-order valence-electron chi connectivity index (χ0n) is 12.4. The summed E-state index contributed by atoms with van der Waals surface area (Å²) in [4.78, 5) is 20.8. The lowest BCUT2D eigenvalue weighted by atomic mass is 10.2. The van der Waals surface area contributed by atoms with Gasteiger partial charge < -0.3 is 9.80 Å². The summed E-state index contributed by atoms with van der Waals surface area (Å²) in [5.74, 6) is 0.529. The van der Waals surface area contributed by atoms with Crippen LogP contribution in [-0.4, -0.2) is 53.4 Å². The van der Waals surface area contributed by atoms with E-state index < -0.39 is 0 Å². The first kappa shape index (κ1) is 16.1. The molecule has 0 aliphatic carbocycles. The molecule has 1 aromatic rings. The number of hydrogen-bond donors (Lipinski definition) is 0. The second-order valence-corrected chi connectivity index (χ2v) is 5.76. The van der Waals surface area contributed by atoms with Crippen LogP contribution in [-0.2, 0) is 0 Å². The fourth-order valence-electron chi connectivity index (χ4n) is 2.00. The molecule has 0 saturated carbocycles. The number of nitrogens with zero attached hydrogens (tertiary/aromatic N) is 3. The van der Waals surface area contributed by atoms with E-state index in [0.29, 0.717) is 11.6 Å². The zero-order valence-corrected chi connectivity index (χ0v) is 13.2. The van der Waals surface area contributed by atoms with Crippen LogP contribution in [0.15, 0.2) is 10.9 Å². The number of rotatable bonds is 8. The topological polar surface area (TPSA) is 36.4 Å². The van der Waals surface area contributed by atoms with Crippen LogP contribution in [0.5, 0.6) is 0 Å². The third-order valence-electron chi connectivity index (χ3n) is 3.10. The van der Waals surface area contributed by atoms with Crippen molar-refractivity contribution in [3.63, 3.8) is 0 Å². The van der Waals surface area contributed by atoms with Crippen LogP contribution in [0.4, 0.5) is 0 Å². The molecule has 5 heteroatoms. The minimum Gasteiger partial charge on any atom is -0.336 e. The van der Waals surface area contributed by atoms with E-state index in [1.165, 1.54) is 11.3 Å². The third kappa shape index (κ3) is 5.28. The van der Waals surface area contributed by atoms with Crippen molar-refractivity contribution in [3.8, 4) is 0 Å². The minimum atomic E-state index is 0.0575. The molecule has 0 unspecified atom stereocenters. The van der Waals surface area contributed by atoms with E-state index in [1.807, 2.05) is 10.3 Å². The molecule has 0 aliphatic rings. The second kappa shape index (κ2) is 8.27. The highest BCUT2D eigenvalue weighted by Gasteiger charge is 2.18. The predicted molar refractivity (Wildman–Crippen MR) is 80.6 cm³/mol. The van der Waals surface area contributed by atoms with E-state index in [2.05, 4.69) is 37.6 Å². The lowest BCUT2D eigenvalue weighted by molar-refractivity contribution is 0.0711. The van der Waals surface area contributed by atoms with Crippen molar-refractivity contribution < 1.29 is 4.79 Å². The Morgan fingerprint density at radius 1 is 1.32 bits per heavy atom.